The maximum absolute atomic E-state index is 4.16. The van der Waals surface area contributed by atoms with Crippen molar-refractivity contribution >= 4 is 0 Å². The minimum absolute atomic E-state index is 0.603. The molecule has 0 saturated heterocycles. The average Bonchev–Trinajstić information content (AvgIpc) is 2.51. The van der Waals surface area contributed by atoms with Crippen molar-refractivity contribution in [1.82, 2.24) is 15.0 Å². The summed E-state index contributed by atoms with van der Waals surface area (Å²) in [5.41, 5.74) is 1.32. The van der Waals surface area contributed by atoms with E-state index in [1.807, 2.05) is 6.20 Å². The lowest BCUT2D eigenvalue weighted by Crippen LogP contribution is -2.20. The predicted octanol–water partition coefficient (Wildman–Crippen LogP) is 2.20. The van der Waals surface area contributed by atoms with Gasteiger partial charge in [0.25, 0.3) is 0 Å². The highest BCUT2D eigenvalue weighted by molar-refractivity contribution is 4.99. The Labute approximate surface area is 79.1 Å². The molecule has 1 aliphatic rings. The molecule has 1 aromatic rings. The van der Waals surface area contributed by atoms with Crippen molar-refractivity contribution in [2.75, 3.05) is 0 Å². The molecule has 2 heterocycles. The second-order valence-electron chi connectivity index (χ2n) is 4.35. The largest absolute Gasteiger partial charge is 0.246 e. The third-order valence-corrected chi connectivity index (χ3v) is 2.71. The summed E-state index contributed by atoms with van der Waals surface area (Å²) in [7, 11) is 0. The van der Waals surface area contributed by atoms with Gasteiger partial charge in [-0.3, -0.25) is 0 Å². The zero-order chi connectivity index (χ0) is 9.26. The number of hydrogen-bond donors (Lipinski definition) is 0. The van der Waals surface area contributed by atoms with E-state index in [9.17, 15) is 0 Å². The van der Waals surface area contributed by atoms with Gasteiger partial charge in [0, 0.05) is 0 Å². The second-order valence-corrected chi connectivity index (χ2v) is 4.35. The standard InChI is InChI=1S/C10H17N3/c1-8(2)6-9-4-3-5-10-7-11-12-13(9)10/h7-9H,3-6H2,1-2H3. The third-order valence-electron chi connectivity index (χ3n) is 2.71. The Kier molecular flexibility index (Phi) is 2.34. The van der Waals surface area contributed by atoms with Crippen LogP contribution in [0.5, 0.6) is 0 Å². The van der Waals surface area contributed by atoms with Crippen LogP contribution in [0.2, 0.25) is 0 Å². The van der Waals surface area contributed by atoms with Crippen molar-refractivity contribution in [3.05, 3.63) is 11.9 Å². The summed E-state index contributed by atoms with van der Waals surface area (Å²) in [5, 5.41) is 8.13. The van der Waals surface area contributed by atoms with Crippen molar-refractivity contribution in [1.29, 1.82) is 0 Å². The van der Waals surface area contributed by atoms with Crippen molar-refractivity contribution in [2.45, 2.75) is 45.6 Å². The van der Waals surface area contributed by atoms with Crippen LogP contribution in [0.4, 0.5) is 0 Å². The molecule has 3 heteroatoms. The first-order valence-corrected chi connectivity index (χ1v) is 5.16. The zero-order valence-corrected chi connectivity index (χ0v) is 8.40. The maximum Gasteiger partial charge on any atom is 0.0725 e. The number of aromatic nitrogens is 3. The summed E-state index contributed by atoms with van der Waals surface area (Å²) in [6.45, 7) is 4.54. The highest BCUT2D eigenvalue weighted by atomic mass is 15.4. The molecule has 1 atom stereocenters. The van der Waals surface area contributed by atoms with Gasteiger partial charge in [0.15, 0.2) is 0 Å². The molecule has 0 aliphatic carbocycles. The van der Waals surface area contributed by atoms with Crippen LogP contribution in [0, 0.1) is 5.92 Å². The van der Waals surface area contributed by atoms with E-state index in [2.05, 4.69) is 28.8 Å². The molecule has 0 spiro atoms. The summed E-state index contributed by atoms with van der Waals surface area (Å²) in [6, 6.07) is 0.603. The number of hydrogen-bond acceptors (Lipinski definition) is 2. The Morgan fingerprint density at radius 1 is 1.62 bits per heavy atom. The van der Waals surface area contributed by atoms with Gasteiger partial charge in [-0.15, -0.1) is 5.10 Å². The van der Waals surface area contributed by atoms with E-state index in [1.165, 1.54) is 25.0 Å². The van der Waals surface area contributed by atoms with Crippen molar-refractivity contribution in [2.24, 2.45) is 5.92 Å². The molecular weight excluding hydrogens is 162 g/mol. The quantitative estimate of drug-likeness (QED) is 0.696. The van der Waals surface area contributed by atoms with E-state index in [0.29, 0.717) is 6.04 Å². The molecule has 1 aromatic heterocycles. The van der Waals surface area contributed by atoms with Gasteiger partial charge < -0.3 is 0 Å². The Hall–Kier alpha value is -0.860. The van der Waals surface area contributed by atoms with E-state index < -0.39 is 0 Å². The number of rotatable bonds is 2. The molecule has 0 amide bonds. The van der Waals surface area contributed by atoms with E-state index in [1.54, 1.807) is 0 Å². The van der Waals surface area contributed by atoms with Crippen molar-refractivity contribution in [3.8, 4) is 0 Å². The van der Waals surface area contributed by atoms with E-state index >= 15 is 0 Å². The monoisotopic (exact) mass is 179 g/mol. The van der Waals surface area contributed by atoms with Crippen LogP contribution in [0.1, 0.15) is 44.8 Å². The van der Waals surface area contributed by atoms with Crippen LogP contribution in [0.15, 0.2) is 6.20 Å². The summed E-state index contributed by atoms with van der Waals surface area (Å²) >= 11 is 0. The topological polar surface area (TPSA) is 30.7 Å². The Morgan fingerprint density at radius 3 is 3.23 bits per heavy atom. The smallest absolute Gasteiger partial charge is 0.0725 e. The normalized spacial score (nSPS) is 21.9. The summed E-state index contributed by atoms with van der Waals surface area (Å²) in [4.78, 5) is 0. The van der Waals surface area contributed by atoms with Crippen LogP contribution in [0.25, 0.3) is 0 Å². The third kappa shape index (κ3) is 1.74. The maximum atomic E-state index is 4.16. The second kappa shape index (κ2) is 3.48. The lowest BCUT2D eigenvalue weighted by molar-refractivity contribution is 0.307. The number of nitrogens with zero attached hydrogens (tertiary/aromatic N) is 3. The lowest BCUT2D eigenvalue weighted by Gasteiger charge is -2.24. The van der Waals surface area contributed by atoms with Crippen LogP contribution in [0.3, 0.4) is 0 Å². The molecule has 0 saturated carbocycles. The first-order chi connectivity index (χ1) is 6.27. The van der Waals surface area contributed by atoms with Crippen molar-refractivity contribution in [3.63, 3.8) is 0 Å². The fourth-order valence-electron chi connectivity index (χ4n) is 2.15. The predicted molar refractivity (Wildman–Crippen MR) is 51.5 cm³/mol. The van der Waals surface area contributed by atoms with E-state index in [4.69, 9.17) is 0 Å². The average molecular weight is 179 g/mol. The van der Waals surface area contributed by atoms with Crippen LogP contribution in [-0.2, 0) is 6.42 Å². The van der Waals surface area contributed by atoms with Gasteiger partial charge in [0.1, 0.15) is 0 Å². The molecule has 1 aliphatic heterocycles. The van der Waals surface area contributed by atoms with E-state index in [-0.39, 0.29) is 0 Å². The van der Waals surface area contributed by atoms with E-state index in [0.717, 1.165) is 12.3 Å². The fourth-order valence-corrected chi connectivity index (χ4v) is 2.15. The summed E-state index contributed by atoms with van der Waals surface area (Å²) < 4.78 is 2.13. The highest BCUT2D eigenvalue weighted by Crippen LogP contribution is 2.28. The molecule has 72 valence electrons. The molecule has 0 fully saturated rings. The van der Waals surface area contributed by atoms with Gasteiger partial charge in [-0.25, -0.2) is 4.68 Å². The molecule has 2 rings (SSSR count). The van der Waals surface area contributed by atoms with Gasteiger partial charge in [-0.05, 0) is 31.6 Å². The van der Waals surface area contributed by atoms with Gasteiger partial charge in [-0.1, -0.05) is 19.1 Å². The number of aryl methyl sites for hydroxylation is 1. The van der Waals surface area contributed by atoms with Crippen LogP contribution in [-0.4, -0.2) is 15.0 Å². The van der Waals surface area contributed by atoms with Gasteiger partial charge in [-0.2, -0.15) is 0 Å². The van der Waals surface area contributed by atoms with Crippen molar-refractivity contribution < 1.29 is 0 Å². The SMILES string of the molecule is CC(C)CC1CCCc2cnnn21. The summed E-state index contributed by atoms with van der Waals surface area (Å²) in [6.07, 6.45) is 6.86. The minimum Gasteiger partial charge on any atom is -0.246 e. The number of fused-ring (bicyclic) bond motifs is 1. The molecular formula is C10H17N3. The van der Waals surface area contributed by atoms with Crippen LogP contribution >= 0.6 is 0 Å². The zero-order valence-electron chi connectivity index (χ0n) is 8.40. The molecule has 13 heavy (non-hydrogen) atoms. The summed E-state index contributed by atoms with van der Waals surface area (Å²) in [5.74, 6) is 0.750. The molecule has 0 aromatic carbocycles. The Balaban J connectivity index is 2.15. The Bertz CT molecular complexity index is 277. The molecule has 0 N–H and O–H groups in total. The molecule has 0 bridgehead atoms. The fraction of sp³-hybridized carbons (Fsp3) is 0.800. The Morgan fingerprint density at radius 2 is 2.46 bits per heavy atom. The molecule has 1 unspecified atom stereocenters. The molecule has 3 nitrogen and oxygen atoms in total. The first kappa shape index (κ1) is 8.73. The van der Waals surface area contributed by atoms with Gasteiger partial charge in [0.05, 0.1) is 17.9 Å². The van der Waals surface area contributed by atoms with Gasteiger partial charge >= 0.3 is 0 Å². The van der Waals surface area contributed by atoms with Gasteiger partial charge in [0.2, 0.25) is 0 Å². The van der Waals surface area contributed by atoms with Crippen LogP contribution < -0.4 is 0 Å². The lowest BCUT2D eigenvalue weighted by atomic mass is 9.95. The minimum atomic E-state index is 0.603. The highest BCUT2D eigenvalue weighted by Gasteiger charge is 2.21. The molecule has 0 radical (unpaired) electrons. The first-order valence-electron chi connectivity index (χ1n) is 5.16.